The molecule has 1 aromatic rings. The van der Waals surface area contributed by atoms with Crippen molar-refractivity contribution < 1.29 is 4.39 Å². The number of rotatable bonds is 5. The Labute approximate surface area is 102 Å². The first-order valence-electron chi connectivity index (χ1n) is 6.62. The maximum Gasteiger partial charge on any atom is 0.121 e. The van der Waals surface area contributed by atoms with Gasteiger partial charge in [-0.25, -0.2) is 4.39 Å². The molecular formula is C13H22FN3. The van der Waals surface area contributed by atoms with Crippen molar-refractivity contribution in [2.24, 2.45) is 0 Å². The van der Waals surface area contributed by atoms with Crippen LogP contribution in [0.5, 0.6) is 0 Å². The van der Waals surface area contributed by atoms with E-state index in [-0.39, 0.29) is 6.04 Å². The quantitative estimate of drug-likeness (QED) is 0.855. The number of alkyl halides is 1. The van der Waals surface area contributed by atoms with Crippen LogP contribution in [-0.4, -0.2) is 28.5 Å². The minimum atomic E-state index is -0.808. The fraction of sp³-hybridized carbons (Fsp3) is 0.769. The Morgan fingerprint density at radius 2 is 2.47 bits per heavy atom. The molecule has 0 amide bonds. The van der Waals surface area contributed by atoms with Gasteiger partial charge in [0, 0.05) is 24.7 Å². The lowest BCUT2D eigenvalue weighted by molar-refractivity contribution is 0.261. The first-order chi connectivity index (χ1) is 8.20. The van der Waals surface area contributed by atoms with Gasteiger partial charge in [0.15, 0.2) is 0 Å². The van der Waals surface area contributed by atoms with E-state index in [2.05, 4.69) is 24.3 Å². The first-order valence-corrected chi connectivity index (χ1v) is 6.62. The van der Waals surface area contributed by atoms with Crippen LogP contribution >= 0.6 is 0 Å². The third kappa shape index (κ3) is 3.06. The first kappa shape index (κ1) is 12.6. The molecule has 1 saturated heterocycles. The Kier molecular flexibility index (Phi) is 4.15. The molecule has 0 aliphatic carbocycles. The van der Waals surface area contributed by atoms with Crippen LogP contribution in [0, 0.1) is 0 Å². The molecule has 96 valence electrons. The highest BCUT2D eigenvalue weighted by atomic mass is 19.1. The molecule has 2 rings (SSSR count). The second kappa shape index (κ2) is 5.63. The lowest BCUT2D eigenvalue weighted by Crippen LogP contribution is -2.33. The van der Waals surface area contributed by atoms with Gasteiger partial charge in [-0.05, 0) is 38.8 Å². The second-order valence-corrected chi connectivity index (χ2v) is 4.97. The van der Waals surface area contributed by atoms with Crippen LogP contribution in [0.25, 0.3) is 0 Å². The van der Waals surface area contributed by atoms with Crippen molar-refractivity contribution in [2.75, 3.05) is 6.54 Å². The zero-order valence-electron chi connectivity index (χ0n) is 10.7. The predicted octanol–water partition coefficient (Wildman–Crippen LogP) is 2.49. The molecule has 3 unspecified atom stereocenters. The summed E-state index contributed by atoms with van der Waals surface area (Å²) >= 11 is 0. The van der Waals surface area contributed by atoms with Crippen LogP contribution in [0.15, 0.2) is 12.3 Å². The lowest BCUT2D eigenvalue weighted by atomic mass is 10.1. The zero-order chi connectivity index (χ0) is 12.3. The summed E-state index contributed by atoms with van der Waals surface area (Å²) in [6.07, 6.45) is 4.67. The maximum atomic E-state index is 14.0. The van der Waals surface area contributed by atoms with Gasteiger partial charge < -0.3 is 5.32 Å². The highest BCUT2D eigenvalue weighted by Gasteiger charge is 2.25. The summed E-state index contributed by atoms with van der Waals surface area (Å²) < 4.78 is 15.9. The van der Waals surface area contributed by atoms with Crippen molar-refractivity contribution in [1.29, 1.82) is 0 Å². The van der Waals surface area contributed by atoms with Crippen LogP contribution in [0.2, 0.25) is 0 Å². The van der Waals surface area contributed by atoms with Crippen molar-refractivity contribution in [3.8, 4) is 0 Å². The highest BCUT2D eigenvalue weighted by Crippen LogP contribution is 2.17. The molecule has 0 spiro atoms. The van der Waals surface area contributed by atoms with E-state index < -0.39 is 6.17 Å². The summed E-state index contributed by atoms with van der Waals surface area (Å²) in [5.74, 6) is 0. The van der Waals surface area contributed by atoms with Gasteiger partial charge in [0.05, 0.1) is 5.69 Å². The normalized spacial score (nSPS) is 23.8. The highest BCUT2D eigenvalue weighted by molar-refractivity contribution is 5.03. The molecule has 1 aliphatic rings. The fourth-order valence-corrected chi connectivity index (χ4v) is 2.28. The summed E-state index contributed by atoms with van der Waals surface area (Å²) in [6, 6.07) is 2.36. The molecule has 0 saturated carbocycles. The number of hydrogen-bond acceptors (Lipinski definition) is 2. The average Bonchev–Trinajstić information content (AvgIpc) is 2.98. The van der Waals surface area contributed by atoms with Crippen LogP contribution in [0.1, 0.15) is 44.8 Å². The van der Waals surface area contributed by atoms with Gasteiger partial charge >= 0.3 is 0 Å². The van der Waals surface area contributed by atoms with Crippen LogP contribution in [0.3, 0.4) is 0 Å². The molecule has 4 heteroatoms. The summed E-state index contributed by atoms with van der Waals surface area (Å²) in [4.78, 5) is 0. The second-order valence-electron chi connectivity index (χ2n) is 4.97. The fourth-order valence-electron chi connectivity index (χ4n) is 2.28. The molecule has 2 heterocycles. The van der Waals surface area contributed by atoms with Crippen molar-refractivity contribution in [3.05, 3.63) is 18.0 Å². The van der Waals surface area contributed by atoms with Crippen LogP contribution in [0.4, 0.5) is 4.39 Å². The molecular weight excluding hydrogens is 217 g/mol. The Balaban J connectivity index is 1.91. The molecule has 3 nitrogen and oxygen atoms in total. The smallest absolute Gasteiger partial charge is 0.121 e. The van der Waals surface area contributed by atoms with Gasteiger partial charge in [0.25, 0.3) is 0 Å². The Morgan fingerprint density at radius 1 is 1.65 bits per heavy atom. The van der Waals surface area contributed by atoms with E-state index in [4.69, 9.17) is 0 Å². The van der Waals surface area contributed by atoms with Gasteiger partial charge in [-0.15, -0.1) is 0 Å². The Morgan fingerprint density at radius 3 is 3.12 bits per heavy atom. The molecule has 17 heavy (non-hydrogen) atoms. The molecule has 3 atom stereocenters. The van der Waals surface area contributed by atoms with E-state index in [1.807, 2.05) is 16.9 Å². The molecule has 0 aromatic carbocycles. The minimum absolute atomic E-state index is 0.0312. The Hall–Kier alpha value is -0.900. The van der Waals surface area contributed by atoms with Gasteiger partial charge in [0.2, 0.25) is 0 Å². The number of halogens is 1. The molecule has 0 bridgehead atoms. The predicted molar refractivity (Wildman–Crippen MR) is 66.9 cm³/mol. The van der Waals surface area contributed by atoms with Crippen LogP contribution in [-0.2, 0) is 6.42 Å². The summed E-state index contributed by atoms with van der Waals surface area (Å²) in [6.45, 7) is 5.21. The van der Waals surface area contributed by atoms with E-state index in [1.54, 1.807) is 0 Å². The molecule has 0 radical (unpaired) electrons. The van der Waals surface area contributed by atoms with Gasteiger partial charge in [-0.1, -0.05) is 6.92 Å². The Bertz CT molecular complexity index is 344. The SMILES string of the molecule is CCC(C)n1ccc(CC(F)C2CCCN2)n1. The standard InChI is InChI=1S/C13H22FN3/c1-3-10(2)17-8-6-11(16-17)9-12(14)13-5-4-7-15-13/h6,8,10,12-13,15H,3-5,7,9H2,1-2H3. The number of hydrogen-bond donors (Lipinski definition) is 1. The summed E-state index contributed by atoms with van der Waals surface area (Å²) in [7, 11) is 0. The maximum absolute atomic E-state index is 14.0. The van der Waals surface area contributed by atoms with E-state index in [0.29, 0.717) is 12.5 Å². The topological polar surface area (TPSA) is 29.9 Å². The molecule has 1 fully saturated rings. The van der Waals surface area contributed by atoms with E-state index >= 15 is 0 Å². The average molecular weight is 239 g/mol. The van der Waals surface area contributed by atoms with Gasteiger partial charge in [-0.3, -0.25) is 4.68 Å². The van der Waals surface area contributed by atoms with E-state index in [0.717, 1.165) is 31.5 Å². The summed E-state index contributed by atoms with van der Waals surface area (Å²) in [5, 5.41) is 7.65. The van der Waals surface area contributed by atoms with Crippen molar-refractivity contribution in [2.45, 2.75) is 57.8 Å². The molecule has 1 N–H and O–H groups in total. The number of aromatic nitrogens is 2. The largest absolute Gasteiger partial charge is 0.311 e. The monoisotopic (exact) mass is 239 g/mol. The van der Waals surface area contributed by atoms with Crippen molar-refractivity contribution >= 4 is 0 Å². The zero-order valence-corrected chi connectivity index (χ0v) is 10.7. The van der Waals surface area contributed by atoms with Crippen molar-refractivity contribution in [3.63, 3.8) is 0 Å². The number of nitrogens with one attached hydrogen (secondary N) is 1. The third-order valence-electron chi connectivity index (χ3n) is 3.65. The van der Waals surface area contributed by atoms with E-state index in [1.165, 1.54) is 0 Å². The number of nitrogens with zero attached hydrogens (tertiary/aromatic N) is 2. The minimum Gasteiger partial charge on any atom is -0.311 e. The van der Waals surface area contributed by atoms with Crippen molar-refractivity contribution in [1.82, 2.24) is 15.1 Å². The molecule has 1 aliphatic heterocycles. The third-order valence-corrected chi connectivity index (χ3v) is 3.65. The van der Waals surface area contributed by atoms with Crippen LogP contribution < -0.4 is 5.32 Å². The lowest BCUT2D eigenvalue weighted by Gasteiger charge is -2.14. The summed E-state index contributed by atoms with van der Waals surface area (Å²) in [5.41, 5.74) is 0.867. The van der Waals surface area contributed by atoms with E-state index in [9.17, 15) is 4.39 Å². The van der Waals surface area contributed by atoms with Gasteiger partial charge in [-0.2, -0.15) is 5.10 Å². The molecule has 1 aromatic heterocycles. The van der Waals surface area contributed by atoms with Gasteiger partial charge in [0.1, 0.15) is 6.17 Å².